The number of rotatable bonds is 7. The van der Waals surface area contributed by atoms with Crippen LogP contribution in [0.25, 0.3) is 0 Å². The summed E-state index contributed by atoms with van der Waals surface area (Å²) in [5, 5.41) is 3.21. The third kappa shape index (κ3) is 4.71. The summed E-state index contributed by atoms with van der Waals surface area (Å²) in [7, 11) is 2.01. The number of benzene rings is 2. The van der Waals surface area contributed by atoms with Crippen molar-refractivity contribution in [3.05, 3.63) is 70.3 Å². The van der Waals surface area contributed by atoms with Crippen LogP contribution in [-0.2, 0) is 19.3 Å². The normalized spacial score (nSPS) is 10.8. The third-order valence-corrected chi connectivity index (χ3v) is 4.19. The van der Waals surface area contributed by atoms with Gasteiger partial charge in [-0.1, -0.05) is 42.5 Å². The van der Waals surface area contributed by atoms with Crippen molar-refractivity contribution in [1.29, 1.82) is 0 Å². The monoisotopic (exact) mass is 281 g/mol. The van der Waals surface area contributed by atoms with E-state index in [-0.39, 0.29) is 0 Å². The molecule has 21 heavy (non-hydrogen) atoms. The lowest BCUT2D eigenvalue weighted by atomic mass is 9.95. The molecule has 112 valence electrons. The van der Waals surface area contributed by atoms with Crippen LogP contribution in [0.4, 0.5) is 0 Å². The minimum absolute atomic E-state index is 1.09. The van der Waals surface area contributed by atoms with Gasteiger partial charge in [-0.05, 0) is 80.9 Å². The van der Waals surface area contributed by atoms with Crippen LogP contribution in [0.15, 0.2) is 42.5 Å². The van der Waals surface area contributed by atoms with Gasteiger partial charge in [-0.15, -0.1) is 0 Å². The molecule has 2 aromatic carbocycles. The molecule has 0 fully saturated rings. The van der Waals surface area contributed by atoms with Crippen LogP contribution in [0.3, 0.4) is 0 Å². The average molecular weight is 281 g/mol. The molecule has 0 spiro atoms. The lowest BCUT2D eigenvalue weighted by Crippen LogP contribution is -2.08. The molecule has 0 atom stereocenters. The van der Waals surface area contributed by atoms with E-state index in [1.807, 2.05) is 7.05 Å². The molecular weight excluding hydrogens is 254 g/mol. The Kier molecular flexibility index (Phi) is 6.01. The molecule has 0 heterocycles. The molecule has 1 N–H and O–H groups in total. The van der Waals surface area contributed by atoms with Crippen LogP contribution in [0.1, 0.15) is 34.2 Å². The highest BCUT2D eigenvalue weighted by Gasteiger charge is 2.03. The van der Waals surface area contributed by atoms with E-state index in [0.717, 1.165) is 25.8 Å². The molecule has 2 aromatic rings. The minimum atomic E-state index is 1.09. The summed E-state index contributed by atoms with van der Waals surface area (Å²) >= 11 is 0. The molecule has 0 bridgehead atoms. The van der Waals surface area contributed by atoms with Crippen molar-refractivity contribution in [2.24, 2.45) is 0 Å². The second kappa shape index (κ2) is 7.99. The Hall–Kier alpha value is -1.60. The van der Waals surface area contributed by atoms with Crippen molar-refractivity contribution >= 4 is 0 Å². The smallest absolute Gasteiger partial charge is 0.00488 e. The lowest BCUT2D eigenvalue weighted by Gasteiger charge is -2.10. The largest absolute Gasteiger partial charge is 0.320 e. The summed E-state index contributed by atoms with van der Waals surface area (Å²) < 4.78 is 0. The van der Waals surface area contributed by atoms with E-state index in [0.29, 0.717) is 0 Å². The summed E-state index contributed by atoms with van der Waals surface area (Å²) in [6, 6.07) is 15.7. The molecule has 1 nitrogen and oxygen atoms in total. The van der Waals surface area contributed by atoms with Crippen molar-refractivity contribution < 1.29 is 0 Å². The van der Waals surface area contributed by atoms with Crippen LogP contribution < -0.4 is 5.32 Å². The van der Waals surface area contributed by atoms with E-state index in [9.17, 15) is 0 Å². The lowest BCUT2D eigenvalue weighted by molar-refractivity contribution is 0.724. The Morgan fingerprint density at radius 2 is 1.43 bits per heavy atom. The first-order valence-electron chi connectivity index (χ1n) is 7.98. The number of hydrogen-bond donors (Lipinski definition) is 1. The van der Waals surface area contributed by atoms with Crippen LogP contribution in [-0.4, -0.2) is 13.6 Å². The van der Waals surface area contributed by atoms with Crippen molar-refractivity contribution in [3.63, 3.8) is 0 Å². The van der Waals surface area contributed by atoms with Crippen LogP contribution in [0.2, 0.25) is 0 Å². The maximum Gasteiger partial charge on any atom is -0.00488 e. The minimum Gasteiger partial charge on any atom is -0.320 e. The van der Waals surface area contributed by atoms with Gasteiger partial charge in [0, 0.05) is 0 Å². The van der Waals surface area contributed by atoms with E-state index in [1.54, 1.807) is 0 Å². The standard InChI is InChI=1S/C20H27N/c1-16-7-4-8-17(2)20(16)13-12-19-10-5-9-18(15-19)11-6-14-21-3/h4-5,7-10,15,21H,6,11-14H2,1-3H3. The maximum absolute atomic E-state index is 3.21. The average Bonchev–Trinajstić information content (AvgIpc) is 2.47. The Morgan fingerprint density at radius 3 is 2.10 bits per heavy atom. The second-order valence-electron chi connectivity index (χ2n) is 5.90. The molecule has 0 aliphatic carbocycles. The molecule has 0 aliphatic rings. The topological polar surface area (TPSA) is 12.0 Å². The van der Waals surface area contributed by atoms with Gasteiger partial charge in [0.1, 0.15) is 0 Å². The molecule has 0 amide bonds. The summed E-state index contributed by atoms with van der Waals surface area (Å²) in [4.78, 5) is 0. The highest BCUT2D eigenvalue weighted by molar-refractivity contribution is 5.34. The Balaban J connectivity index is 1.98. The Labute approximate surface area is 129 Å². The highest BCUT2D eigenvalue weighted by Crippen LogP contribution is 2.17. The molecule has 1 heteroatoms. The molecule has 0 aliphatic heterocycles. The number of hydrogen-bond acceptors (Lipinski definition) is 1. The molecule has 2 rings (SSSR count). The van der Waals surface area contributed by atoms with Crippen LogP contribution in [0.5, 0.6) is 0 Å². The van der Waals surface area contributed by atoms with Gasteiger partial charge in [0.15, 0.2) is 0 Å². The molecule has 0 unspecified atom stereocenters. The van der Waals surface area contributed by atoms with Crippen molar-refractivity contribution in [1.82, 2.24) is 5.32 Å². The predicted octanol–water partition coefficient (Wildman–Crippen LogP) is 4.24. The summed E-state index contributed by atoms with van der Waals surface area (Å²) in [5.41, 5.74) is 7.27. The SMILES string of the molecule is CNCCCc1cccc(CCc2c(C)cccc2C)c1. The molecule has 0 aromatic heterocycles. The zero-order valence-corrected chi connectivity index (χ0v) is 13.6. The van der Waals surface area contributed by atoms with E-state index < -0.39 is 0 Å². The summed E-state index contributed by atoms with van der Waals surface area (Å²) in [6.07, 6.45) is 4.64. The van der Waals surface area contributed by atoms with Gasteiger partial charge in [-0.3, -0.25) is 0 Å². The van der Waals surface area contributed by atoms with Gasteiger partial charge in [0.25, 0.3) is 0 Å². The van der Waals surface area contributed by atoms with E-state index in [1.165, 1.54) is 34.2 Å². The molecule has 0 saturated heterocycles. The van der Waals surface area contributed by atoms with Crippen molar-refractivity contribution in [2.45, 2.75) is 39.5 Å². The first-order chi connectivity index (χ1) is 10.2. The summed E-state index contributed by atoms with van der Waals surface area (Å²) in [5.74, 6) is 0. The van der Waals surface area contributed by atoms with E-state index in [2.05, 4.69) is 61.6 Å². The van der Waals surface area contributed by atoms with Crippen LogP contribution in [0, 0.1) is 13.8 Å². The van der Waals surface area contributed by atoms with E-state index in [4.69, 9.17) is 0 Å². The molecule has 0 saturated carbocycles. The first kappa shape index (κ1) is 15.8. The van der Waals surface area contributed by atoms with Gasteiger partial charge in [0.2, 0.25) is 0 Å². The maximum atomic E-state index is 3.21. The molecular formula is C20H27N. The fourth-order valence-corrected chi connectivity index (χ4v) is 2.92. The van der Waals surface area contributed by atoms with Crippen molar-refractivity contribution in [2.75, 3.05) is 13.6 Å². The zero-order chi connectivity index (χ0) is 15.1. The van der Waals surface area contributed by atoms with Crippen molar-refractivity contribution in [3.8, 4) is 0 Å². The van der Waals surface area contributed by atoms with Gasteiger partial charge >= 0.3 is 0 Å². The van der Waals surface area contributed by atoms with Gasteiger partial charge < -0.3 is 5.32 Å². The number of aryl methyl sites for hydroxylation is 4. The van der Waals surface area contributed by atoms with E-state index >= 15 is 0 Å². The number of nitrogens with one attached hydrogen (secondary N) is 1. The van der Waals surface area contributed by atoms with Gasteiger partial charge in [-0.2, -0.15) is 0 Å². The zero-order valence-electron chi connectivity index (χ0n) is 13.6. The summed E-state index contributed by atoms with van der Waals surface area (Å²) in [6.45, 7) is 5.53. The van der Waals surface area contributed by atoms with Gasteiger partial charge in [0.05, 0.1) is 0 Å². The predicted molar refractivity (Wildman–Crippen MR) is 92.0 cm³/mol. The fourth-order valence-electron chi connectivity index (χ4n) is 2.92. The first-order valence-corrected chi connectivity index (χ1v) is 7.98. The Morgan fingerprint density at radius 1 is 0.810 bits per heavy atom. The highest BCUT2D eigenvalue weighted by atomic mass is 14.8. The van der Waals surface area contributed by atoms with Crippen LogP contribution >= 0.6 is 0 Å². The third-order valence-electron chi connectivity index (χ3n) is 4.19. The van der Waals surface area contributed by atoms with Gasteiger partial charge in [-0.25, -0.2) is 0 Å². The molecule has 0 radical (unpaired) electrons. The quantitative estimate of drug-likeness (QED) is 0.749. The fraction of sp³-hybridized carbons (Fsp3) is 0.400. The Bertz CT molecular complexity index is 552. The second-order valence-corrected chi connectivity index (χ2v) is 5.90.